The van der Waals surface area contributed by atoms with E-state index in [1.165, 1.54) is 11.0 Å². The molecule has 3 unspecified atom stereocenters. The van der Waals surface area contributed by atoms with E-state index in [1.54, 1.807) is 52.8 Å². The van der Waals surface area contributed by atoms with Crippen molar-refractivity contribution in [1.29, 1.82) is 0 Å². The highest BCUT2D eigenvalue weighted by molar-refractivity contribution is 5.93. The number of ether oxygens (including phenoxy) is 2. The summed E-state index contributed by atoms with van der Waals surface area (Å²) < 4.78 is 10.3. The van der Waals surface area contributed by atoms with Crippen molar-refractivity contribution in [2.75, 3.05) is 13.2 Å². The number of para-hydroxylation sites is 1. The molecule has 0 radical (unpaired) electrons. The largest absolute Gasteiger partial charge is 0.508 e. The summed E-state index contributed by atoms with van der Waals surface area (Å²) in [4.78, 5) is 53.5. The number of phenols is 1. The third kappa shape index (κ3) is 10.6. The van der Waals surface area contributed by atoms with Crippen LogP contribution in [0.25, 0.3) is 0 Å². The molecule has 3 atom stereocenters. The number of hydrogen-bond acceptors (Lipinski definition) is 7. The topological polar surface area (TPSA) is 134 Å². The molecule has 10 heteroatoms. The molecule has 214 valence electrons. The van der Waals surface area contributed by atoms with E-state index in [0.29, 0.717) is 12.8 Å². The molecule has 0 spiro atoms. The predicted octanol–water partition coefficient (Wildman–Crippen LogP) is 4.07. The third-order valence-electron chi connectivity index (χ3n) is 5.71. The van der Waals surface area contributed by atoms with E-state index in [0.717, 1.165) is 0 Å². The maximum atomic E-state index is 14.1. The van der Waals surface area contributed by atoms with Crippen LogP contribution >= 0.6 is 0 Å². The molecule has 0 aliphatic heterocycles. The van der Waals surface area contributed by atoms with E-state index in [-0.39, 0.29) is 36.8 Å². The van der Waals surface area contributed by atoms with Crippen LogP contribution < -0.4 is 10.6 Å². The van der Waals surface area contributed by atoms with Crippen molar-refractivity contribution in [2.24, 2.45) is 5.92 Å². The van der Waals surface area contributed by atoms with Crippen LogP contribution in [0.1, 0.15) is 86.3 Å². The number of carbonyl (C=O) groups excluding carboxylic acids is 4. The van der Waals surface area contributed by atoms with Crippen molar-refractivity contribution in [2.45, 2.75) is 98.4 Å². The summed E-state index contributed by atoms with van der Waals surface area (Å²) in [5.74, 6) is -1.61. The van der Waals surface area contributed by atoms with Gasteiger partial charge in [0.25, 0.3) is 0 Å². The summed E-state index contributed by atoms with van der Waals surface area (Å²) >= 11 is 0. The highest BCUT2D eigenvalue weighted by Gasteiger charge is 2.39. The Kier molecular flexibility index (Phi) is 13.1. The van der Waals surface area contributed by atoms with Crippen LogP contribution in [0.5, 0.6) is 5.75 Å². The van der Waals surface area contributed by atoms with Crippen LogP contribution in [0.2, 0.25) is 0 Å². The highest BCUT2D eigenvalue weighted by atomic mass is 16.6. The number of phenolic OH excluding ortho intramolecular Hbond substituents is 1. The van der Waals surface area contributed by atoms with Gasteiger partial charge in [0.15, 0.2) is 0 Å². The lowest BCUT2D eigenvalue weighted by atomic mass is 9.96. The second-order valence-corrected chi connectivity index (χ2v) is 10.6. The molecule has 1 aromatic rings. The normalized spacial score (nSPS) is 13.7. The maximum Gasteiger partial charge on any atom is 0.408 e. The van der Waals surface area contributed by atoms with Gasteiger partial charge in [0.05, 0.1) is 13.0 Å². The standard InChI is InChI=1S/C28H45N3O7/c1-9-19(5)31(26(35)21(17-18(3)4)30-27(36)38-28(6,7)8)24(20-13-11-12-14-22(20)32)25(34)29-16-15-23(33)37-10-2/h11-14,18-19,21,24,32H,9-10,15-17H2,1-8H3,(H,29,34)(H,30,36). The number of nitrogens with one attached hydrogen (secondary N) is 2. The van der Waals surface area contributed by atoms with Gasteiger partial charge in [-0.3, -0.25) is 14.4 Å². The molecule has 1 rings (SSSR count). The minimum atomic E-state index is -1.21. The van der Waals surface area contributed by atoms with Crippen molar-refractivity contribution in [3.05, 3.63) is 29.8 Å². The Bertz CT molecular complexity index is 943. The van der Waals surface area contributed by atoms with Gasteiger partial charge in [-0.2, -0.15) is 0 Å². The van der Waals surface area contributed by atoms with E-state index < -0.39 is 47.6 Å². The van der Waals surface area contributed by atoms with E-state index in [2.05, 4.69) is 10.6 Å². The molecule has 0 saturated carbocycles. The zero-order valence-corrected chi connectivity index (χ0v) is 24.0. The van der Waals surface area contributed by atoms with Gasteiger partial charge in [-0.1, -0.05) is 39.0 Å². The van der Waals surface area contributed by atoms with Crippen molar-refractivity contribution < 1.29 is 33.8 Å². The Morgan fingerprint density at radius 2 is 1.68 bits per heavy atom. The van der Waals surface area contributed by atoms with Crippen LogP contribution in [0.3, 0.4) is 0 Å². The number of alkyl carbamates (subject to hydrolysis) is 1. The summed E-state index contributed by atoms with van der Waals surface area (Å²) in [7, 11) is 0. The molecule has 0 heterocycles. The molecule has 3 amide bonds. The maximum absolute atomic E-state index is 14.1. The second-order valence-electron chi connectivity index (χ2n) is 10.6. The van der Waals surface area contributed by atoms with Gasteiger partial charge in [0, 0.05) is 18.2 Å². The number of carbonyl (C=O) groups is 4. The van der Waals surface area contributed by atoms with Crippen molar-refractivity contribution in [3.8, 4) is 5.75 Å². The van der Waals surface area contributed by atoms with Crippen LogP contribution in [0, 0.1) is 5.92 Å². The van der Waals surface area contributed by atoms with Gasteiger partial charge in [0.1, 0.15) is 23.4 Å². The second kappa shape index (κ2) is 15.2. The summed E-state index contributed by atoms with van der Waals surface area (Å²) in [6.07, 6.45) is 0.0367. The van der Waals surface area contributed by atoms with E-state index in [4.69, 9.17) is 9.47 Å². The average molecular weight is 536 g/mol. The van der Waals surface area contributed by atoms with Gasteiger partial charge in [-0.25, -0.2) is 4.79 Å². The third-order valence-corrected chi connectivity index (χ3v) is 5.71. The Labute approximate surface area is 226 Å². The van der Waals surface area contributed by atoms with Gasteiger partial charge in [-0.15, -0.1) is 0 Å². The van der Waals surface area contributed by atoms with E-state index >= 15 is 0 Å². The first-order chi connectivity index (χ1) is 17.7. The number of hydrogen-bond donors (Lipinski definition) is 3. The average Bonchev–Trinajstić information content (AvgIpc) is 2.80. The van der Waals surface area contributed by atoms with Gasteiger partial charge in [-0.05, 0) is 59.4 Å². The van der Waals surface area contributed by atoms with Crippen LogP contribution in [0.4, 0.5) is 4.79 Å². The molecular formula is C28H45N3O7. The molecule has 0 saturated heterocycles. The fourth-order valence-electron chi connectivity index (χ4n) is 3.87. The molecule has 3 N–H and O–H groups in total. The lowest BCUT2D eigenvalue weighted by molar-refractivity contribution is -0.146. The molecule has 1 aromatic carbocycles. The van der Waals surface area contributed by atoms with E-state index in [9.17, 15) is 24.3 Å². The van der Waals surface area contributed by atoms with Crippen molar-refractivity contribution in [1.82, 2.24) is 15.5 Å². The quantitative estimate of drug-likeness (QED) is 0.324. The fourth-order valence-corrected chi connectivity index (χ4v) is 3.87. The first-order valence-electron chi connectivity index (χ1n) is 13.2. The lowest BCUT2D eigenvalue weighted by Gasteiger charge is -2.38. The summed E-state index contributed by atoms with van der Waals surface area (Å²) in [5.41, 5.74) is -0.529. The van der Waals surface area contributed by atoms with E-state index in [1.807, 2.05) is 20.8 Å². The smallest absolute Gasteiger partial charge is 0.408 e. The number of nitrogens with zero attached hydrogens (tertiary/aromatic N) is 1. The molecule has 10 nitrogen and oxygen atoms in total. The SMILES string of the molecule is CCOC(=O)CCNC(=O)C(c1ccccc1O)N(C(=O)C(CC(C)C)NC(=O)OC(C)(C)C)C(C)CC. The van der Waals surface area contributed by atoms with Crippen LogP contribution in [0.15, 0.2) is 24.3 Å². The summed E-state index contributed by atoms with van der Waals surface area (Å²) in [5, 5.41) is 16.1. The Hall–Kier alpha value is -3.30. The summed E-state index contributed by atoms with van der Waals surface area (Å²) in [6, 6.07) is 3.69. The molecular weight excluding hydrogens is 490 g/mol. The molecule has 0 bridgehead atoms. The van der Waals surface area contributed by atoms with Gasteiger partial charge in [0.2, 0.25) is 11.8 Å². The number of rotatable bonds is 13. The van der Waals surface area contributed by atoms with Crippen molar-refractivity contribution >= 4 is 23.9 Å². The zero-order valence-electron chi connectivity index (χ0n) is 24.0. The first kappa shape index (κ1) is 32.7. The van der Waals surface area contributed by atoms with Gasteiger partial charge < -0.3 is 30.1 Å². The number of aromatic hydroxyl groups is 1. The lowest BCUT2D eigenvalue weighted by Crippen LogP contribution is -2.55. The summed E-state index contributed by atoms with van der Waals surface area (Å²) in [6.45, 7) is 14.6. The molecule has 0 aromatic heterocycles. The number of esters is 1. The minimum absolute atomic E-state index is 0.00409. The zero-order chi connectivity index (χ0) is 29.0. The number of amides is 3. The van der Waals surface area contributed by atoms with Crippen LogP contribution in [-0.2, 0) is 23.9 Å². The Morgan fingerprint density at radius 1 is 1.05 bits per heavy atom. The molecule has 0 aliphatic rings. The highest BCUT2D eigenvalue weighted by Crippen LogP contribution is 2.32. The molecule has 38 heavy (non-hydrogen) atoms. The first-order valence-corrected chi connectivity index (χ1v) is 13.2. The van der Waals surface area contributed by atoms with Crippen LogP contribution in [-0.4, -0.2) is 64.7 Å². The van der Waals surface area contributed by atoms with Gasteiger partial charge >= 0.3 is 12.1 Å². The predicted molar refractivity (Wildman–Crippen MR) is 144 cm³/mol. The molecule has 0 aliphatic carbocycles. The monoisotopic (exact) mass is 535 g/mol. The molecule has 0 fully saturated rings. The van der Waals surface area contributed by atoms with Crippen molar-refractivity contribution in [3.63, 3.8) is 0 Å². The Balaban J connectivity index is 3.46. The fraction of sp³-hybridized carbons (Fsp3) is 0.643. The minimum Gasteiger partial charge on any atom is -0.508 e. The Morgan fingerprint density at radius 3 is 2.21 bits per heavy atom. The number of benzene rings is 1.